The highest BCUT2D eigenvalue weighted by atomic mass is 19.4. The monoisotopic (exact) mass is 402 g/mol. The summed E-state index contributed by atoms with van der Waals surface area (Å²) < 4.78 is 46.5. The molecule has 1 aromatic heterocycles. The molecule has 1 fully saturated rings. The summed E-state index contributed by atoms with van der Waals surface area (Å²) in [6, 6.07) is 16.3. The molecule has 4 rings (SSSR count). The minimum Gasteiger partial charge on any atom is -0.472 e. The van der Waals surface area contributed by atoms with Crippen LogP contribution in [0.2, 0.25) is 0 Å². The van der Waals surface area contributed by atoms with Gasteiger partial charge in [0.25, 0.3) is 5.91 Å². The van der Waals surface area contributed by atoms with Crippen molar-refractivity contribution in [2.24, 2.45) is 0 Å². The molecular formula is C21H17F3N2O3. The maximum absolute atomic E-state index is 12.6. The van der Waals surface area contributed by atoms with Crippen molar-refractivity contribution in [3.05, 3.63) is 66.2 Å². The van der Waals surface area contributed by atoms with Gasteiger partial charge >= 0.3 is 6.36 Å². The molecule has 29 heavy (non-hydrogen) atoms. The SMILES string of the molecule is O=C(c1ccc(OC(F)(F)F)cc1)N1CC[C@@H](Oc2ccc3ccccc3n2)C1. The quantitative estimate of drug-likeness (QED) is 0.648. The summed E-state index contributed by atoms with van der Waals surface area (Å²) in [5.74, 6) is -0.128. The first-order valence-electron chi connectivity index (χ1n) is 9.05. The van der Waals surface area contributed by atoms with E-state index in [-0.39, 0.29) is 17.8 Å². The van der Waals surface area contributed by atoms with Crippen molar-refractivity contribution in [2.45, 2.75) is 18.9 Å². The first kappa shape index (κ1) is 19.0. The molecule has 0 bridgehead atoms. The van der Waals surface area contributed by atoms with Crippen LogP contribution in [0.4, 0.5) is 13.2 Å². The average Bonchev–Trinajstić information content (AvgIpc) is 3.15. The van der Waals surface area contributed by atoms with E-state index in [4.69, 9.17) is 4.74 Å². The van der Waals surface area contributed by atoms with Crippen molar-refractivity contribution < 1.29 is 27.4 Å². The molecule has 0 aliphatic carbocycles. The van der Waals surface area contributed by atoms with Crippen LogP contribution in [0.5, 0.6) is 11.6 Å². The average molecular weight is 402 g/mol. The Morgan fingerprint density at radius 2 is 1.79 bits per heavy atom. The summed E-state index contributed by atoms with van der Waals surface area (Å²) in [6.07, 6.45) is -4.31. The largest absolute Gasteiger partial charge is 0.573 e. The smallest absolute Gasteiger partial charge is 0.472 e. The standard InChI is InChI=1S/C21H17F3N2O3/c22-21(23,24)29-16-8-5-15(6-9-16)20(27)26-12-11-17(13-26)28-19-10-7-14-3-1-2-4-18(14)25-19/h1-10,17H,11-13H2/t17-/m1/s1. The van der Waals surface area contributed by atoms with Crippen LogP contribution in [0.15, 0.2) is 60.7 Å². The van der Waals surface area contributed by atoms with Gasteiger partial charge in [0.15, 0.2) is 0 Å². The van der Waals surface area contributed by atoms with Crippen LogP contribution in [-0.4, -0.2) is 41.3 Å². The van der Waals surface area contributed by atoms with E-state index in [1.807, 2.05) is 30.3 Å². The van der Waals surface area contributed by atoms with Crippen LogP contribution < -0.4 is 9.47 Å². The van der Waals surface area contributed by atoms with Gasteiger partial charge in [-0.2, -0.15) is 0 Å². The molecule has 0 saturated carbocycles. The van der Waals surface area contributed by atoms with E-state index >= 15 is 0 Å². The zero-order chi connectivity index (χ0) is 20.4. The molecule has 1 saturated heterocycles. The Morgan fingerprint density at radius 1 is 1.03 bits per heavy atom. The van der Waals surface area contributed by atoms with Crippen molar-refractivity contribution in [3.63, 3.8) is 0 Å². The van der Waals surface area contributed by atoms with Crippen molar-refractivity contribution >= 4 is 16.8 Å². The van der Waals surface area contributed by atoms with Gasteiger partial charge in [0, 0.05) is 30.0 Å². The number of halogens is 3. The van der Waals surface area contributed by atoms with E-state index in [0.29, 0.717) is 31.0 Å². The van der Waals surface area contributed by atoms with Gasteiger partial charge in [-0.25, -0.2) is 4.98 Å². The Kier molecular flexibility index (Phi) is 5.00. The van der Waals surface area contributed by atoms with E-state index in [9.17, 15) is 18.0 Å². The van der Waals surface area contributed by atoms with Crippen LogP contribution in [0.3, 0.4) is 0 Å². The highest BCUT2D eigenvalue weighted by molar-refractivity contribution is 5.94. The Hall–Kier alpha value is -3.29. The number of alkyl halides is 3. The van der Waals surface area contributed by atoms with Gasteiger partial charge in [-0.15, -0.1) is 13.2 Å². The normalized spacial score (nSPS) is 16.8. The molecule has 1 atom stereocenters. The molecule has 0 N–H and O–H groups in total. The second-order valence-corrected chi connectivity index (χ2v) is 6.69. The van der Waals surface area contributed by atoms with Crippen LogP contribution >= 0.6 is 0 Å². The van der Waals surface area contributed by atoms with E-state index in [1.54, 1.807) is 11.0 Å². The number of ether oxygens (including phenoxy) is 2. The van der Waals surface area contributed by atoms with E-state index in [1.165, 1.54) is 12.1 Å². The molecule has 1 aliphatic heterocycles. The predicted octanol–water partition coefficient (Wildman–Crippen LogP) is 4.43. The zero-order valence-corrected chi connectivity index (χ0v) is 15.2. The number of para-hydroxylation sites is 1. The van der Waals surface area contributed by atoms with Gasteiger partial charge in [0.2, 0.25) is 5.88 Å². The Bertz CT molecular complexity index is 1020. The summed E-state index contributed by atoms with van der Waals surface area (Å²) in [5, 5.41) is 1.01. The first-order valence-corrected chi connectivity index (χ1v) is 9.05. The van der Waals surface area contributed by atoms with Crippen molar-refractivity contribution in [1.82, 2.24) is 9.88 Å². The first-order chi connectivity index (χ1) is 13.9. The summed E-state index contributed by atoms with van der Waals surface area (Å²) in [7, 11) is 0. The van der Waals surface area contributed by atoms with Gasteiger partial charge in [0.1, 0.15) is 11.9 Å². The van der Waals surface area contributed by atoms with Crippen molar-refractivity contribution in [3.8, 4) is 11.6 Å². The molecule has 1 aliphatic rings. The molecule has 0 spiro atoms. The molecule has 8 heteroatoms. The molecule has 5 nitrogen and oxygen atoms in total. The number of nitrogens with zero attached hydrogens (tertiary/aromatic N) is 2. The van der Waals surface area contributed by atoms with Gasteiger partial charge < -0.3 is 14.4 Å². The van der Waals surface area contributed by atoms with Crippen molar-refractivity contribution in [2.75, 3.05) is 13.1 Å². The number of hydrogen-bond donors (Lipinski definition) is 0. The lowest BCUT2D eigenvalue weighted by molar-refractivity contribution is -0.274. The molecule has 2 aromatic carbocycles. The van der Waals surface area contributed by atoms with Gasteiger partial charge in [-0.3, -0.25) is 4.79 Å². The number of benzene rings is 2. The Morgan fingerprint density at radius 3 is 2.55 bits per heavy atom. The third-order valence-corrected chi connectivity index (χ3v) is 4.63. The van der Waals surface area contributed by atoms with Gasteiger partial charge in [-0.05, 0) is 36.4 Å². The van der Waals surface area contributed by atoms with E-state index in [0.717, 1.165) is 23.0 Å². The van der Waals surface area contributed by atoms with Crippen LogP contribution in [-0.2, 0) is 0 Å². The molecule has 1 amide bonds. The third kappa shape index (κ3) is 4.59. The maximum Gasteiger partial charge on any atom is 0.573 e. The highest BCUT2D eigenvalue weighted by Gasteiger charge is 2.32. The number of carbonyl (C=O) groups is 1. The van der Waals surface area contributed by atoms with E-state index in [2.05, 4.69) is 9.72 Å². The Labute approximate surface area is 164 Å². The lowest BCUT2D eigenvalue weighted by atomic mass is 10.2. The minimum absolute atomic E-state index is 0.194. The minimum atomic E-state index is -4.76. The van der Waals surface area contributed by atoms with Crippen LogP contribution in [0, 0.1) is 0 Å². The number of fused-ring (bicyclic) bond motifs is 1. The highest BCUT2D eigenvalue weighted by Crippen LogP contribution is 2.24. The second-order valence-electron chi connectivity index (χ2n) is 6.69. The molecular weight excluding hydrogens is 385 g/mol. The number of aromatic nitrogens is 1. The fourth-order valence-corrected chi connectivity index (χ4v) is 3.27. The maximum atomic E-state index is 12.6. The summed E-state index contributed by atoms with van der Waals surface area (Å²) in [5.41, 5.74) is 1.13. The number of pyridine rings is 1. The molecule has 0 radical (unpaired) electrons. The number of amides is 1. The molecule has 150 valence electrons. The summed E-state index contributed by atoms with van der Waals surface area (Å²) in [6.45, 7) is 0.881. The van der Waals surface area contributed by atoms with Crippen molar-refractivity contribution in [1.29, 1.82) is 0 Å². The zero-order valence-electron chi connectivity index (χ0n) is 15.2. The molecule has 0 unspecified atom stereocenters. The van der Waals surface area contributed by atoms with Crippen LogP contribution in [0.1, 0.15) is 16.8 Å². The molecule has 3 aromatic rings. The lowest BCUT2D eigenvalue weighted by Crippen LogP contribution is -2.31. The van der Waals surface area contributed by atoms with Gasteiger partial charge in [-0.1, -0.05) is 18.2 Å². The fourth-order valence-electron chi connectivity index (χ4n) is 3.27. The number of likely N-dealkylation sites (tertiary alicyclic amines) is 1. The molecule has 2 heterocycles. The van der Waals surface area contributed by atoms with E-state index < -0.39 is 6.36 Å². The number of rotatable bonds is 4. The lowest BCUT2D eigenvalue weighted by Gasteiger charge is -2.17. The third-order valence-electron chi connectivity index (χ3n) is 4.63. The van der Waals surface area contributed by atoms with Gasteiger partial charge in [0.05, 0.1) is 12.1 Å². The summed E-state index contributed by atoms with van der Waals surface area (Å²) >= 11 is 0. The number of carbonyl (C=O) groups excluding carboxylic acids is 1. The van der Waals surface area contributed by atoms with Crippen LogP contribution in [0.25, 0.3) is 10.9 Å². The fraction of sp³-hybridized carbons (Fsp3) is 0.238. The Balaban J connectivity index is 1.38. The second kappa shape index (κ2) is 7.62. The number of hydrogen-bond acceptors (Lipinski definition) is 4. The predicted molar refractivity (Wildman–Crippen MR) is 99.8 cm³/mol. The summed E-state index contributed by atoms with van der Waals surface area (Å²) in [4.78, 5) is 18.7. The topological polar surface area (TPSA) is 51.7 Å².